The zero-order valence-electron chi connectivity index (χ0n) is 9.46. The molecule has 1 atom stereocenters. The monoisotopic (exact) mass is 222 g/mol. The van der Waals surface area contributed by atoms with Gasteiger partial charge in [0.1, 0.15) is 11.3 Å². The van der Waals surface area contributed by atoms with Crippen LogP contribution in [0.25, 0.3) is 11.0 Å². The minimum absolute atomic E-state index is 0.278. The average Bonchev–Trinajstić information content (AvgIpc) is 2.62. The topological polar surface area (TPSA) is 37.9 Å². The number of nitrogens with zero attached hydrogens (tertiary/aromatic N) is 1. The molecule has 0 radical (unpaired) electrons. The van der Waals surface area contributed by atoms with Gasteiger partial charge in [-0.2, -0.15) is 0 Å². The number of aromatic amines is 1. The van der Waals surface area contributed by atoms with Gasteiger partial charge in [0, 0.05) is 20.1 Å². The first-order valence-electron chi connectivity index (χ1n) is 5.32. The van der Waals surface area contributed by atoms with Crippen LogP contribution in [0.4, 0.5) is 4.39 Å². The summed E-state index contributed by atoms with van der Waals surface area (Å²) in [6, 6.07) is 4.93. The van der Waals surface area contributed by atoms with Gasteiger partial charge in [-0.3, -0.25) is 0 Å². The van der Waals surface area contributed by atoms with Gasteiger partial charge >= 0.3 is 0 Å². The average molecular weight is 222 g/mol. The fourth-order valence-corrected chi connectivity index (χ4v) is 1.82. The molecule has 2 rings (SSSR count). The number of aromatic nitrogens is 2. The molecule has 3 nitrogen and oxygen atoms in total. The van der Waals surface area contributed by atoms with E-state index in [-0.39, 0.29) is 5.82 Å². The predicted molar refractivity (Wildman–Crippen MR) is 60.8 cm³/mol. The Kier molecular flexibility index (Phi) is 3.19. The summed E-state index contributed by atoms with van der Waals surface area (Å²) < 4.78 is 18.4. The number of hydrogen-bond donors (Lipinski definition) is 1. The number of fused-ring (bicyclic) bond motifs is 1. The number of hydrogen-bond acceptors (Lipinski definition) is 2. The first-order chi connectivity index (χ1) is 7.70. The van der Waals surface area contributed by atoms with Crippen molar-refractivity contribution in [3.05, 3.63) is 29.8 Å². The SMILES string of the molecule is COCC(C)Cc1nc2c(F)cccc2[nH]1. The van der Waals surface area contributed by atoms with E-state index in [1.807, 2.05) is 6.07 Å². The molecule has 0 saturated heterocycles. The second-order valence-corrected chi connectivity index (χ2v) is 4.08. The lowest BCUT2D eigenvalue weighted by molar-refractivity contribution is 0.159. The van der Waals surface area contributed by atoms with Gasteiger partial charge in [0.25, 0.3) is 0 Å². The van der Waals surface area contributed by atoms with E-state index in [1.165, 1.54) is 6.07 Å². The predicted octanol–water partition coefficient (Wildman–Crippen LogP) is 2.53. The Morgan fingerprint density at radius 3 is 3.00 bits per heavy atom. The van der Waals surface area contributed by atoms with Gasteiger partial charge in [0.05, 0.1) is 5.52 Å². The maximum absolute atomic E-state index is 13.4. The highest BCUT2D eigenvalue weighted by atomic mass is 19.1. The van der Waals surface area contributed by atoms with Crippen LogP contribution in [0.5, 0.6) is 0 Å². The largest absolute Gasteiger partial charge is 0.384 e. The third-order valence-corrected chi connectivity index (χ3v) is 2.51. The van der Waals surface area contributed by atoms with Gasteiger partial charge in [-0.1, -0.05) is 13.0 Å². The molecule has 0 saturated carbocycles. The quantitative estimate of drug-likeness (QED) is 0.863. The molecular formula is C12H15FN2O. The van der Waals surface area contributed by atoms with Crippen molar-refractivity contribution in [2.75, 3.05) is 13.7 Å². The molecule has 2 aromatic rings. The smallest absolute Gasteiger partial charge is 0.151 e. The van der Waals surface area contributed by atoms with Crippen molar-refractivity contribution >= 4 is 11.0 Å². The van der Waals surface area contributed by atoms with Crippen molar-refractivity contribution in [1.29, 1.82) is 0 Å². The molecule has 1 unspecified atom stereocenters. The van der Waals surface area contributed by atoms with Crippen LogP contribution in [0.1, 0.15) is 12.7 Å². The lowest BCUT2D eigenvalue weighted by Crippen LogP contribution is -2.07. The molecule has 0 aliphatic carbocycles. The highest BCUT2D eigenvalue weighted by Gasteiger charge is 2.09. The highest BCUT2D eigenvalue weighted by molar-refractivity contribution is 5.75. The summed E-state index contributed by atoms with van der Waals surface area (Å²) in [5.41, 5.74) is 1.17. The van der Waals surface area contributed by atoms with Crippen molar-refractivity contribution in [3.8, 4) is 0 Å². The Morgan fingerprint density at radius 1 is 1.50 bits per heavy atom. The van der Waals surface area contributed by atoms with E-state index in [0.29, 0.717) is 18.0 Å². The van der Waals surface area contributed by atoms with Crippen molar-refractivity contribution in [1.82, 2.24) is 9.97 Å². The molecule has 16 heavy (non-hydrogen) atoms. The summed E-state index contributed by atoms with van der Waals surface area (Å²) in [6.45, 7) is 2.76. The minimum Gasteiger partial charge on any atom is -0.384 e. The highest BCUT2D eigenvalue weighted by Crippen LogP contribution is 2.16. The standard InChI is InChI=1S/C12H15FN2O/c1-8(7-16-2)6-11-14-10-5-3-4-9(13)12(10)15-11/h3-5,8H,6-7H2,1-2H3,(H,14,15). The van der Waals surface area contributed by atoms with Crippen molar-refractivity contribution < 1.29 is 9.13 Å². The minimum atomic E-state index is -0.278. The Balaban J connectivity index is 2.23. The number of benzene rings is 1. The van der Waals surface area contributed by atoms with Crippen LogP contribution in [-0.2, 0) is 11.2 Å². The van der Waals surface area contributed by atoms with E-state index < -0.39 is 0 Å². The summed E-state index contributed by atoms with van der Waals surface area (Å²) in [5.74, 6) is 0.901. The van der Waals surface area contributed by atoms with Crippen molar-refractivity contribution in [3.63, 3.8) is 0 Å². The van der Waals surface area contributed by atoms with E-state index >= 15 is 0 Å². The van der Waals surface area contributed by atoms with Crippen molar-refractivity contribution in [2.45, 2.75) is 13.3 Å². The van der Waals surface area contributed by atoms with Crippen molar-refractivity contribution in [2.24, 2.45) is 5.92 Å². The molecule has 86 valence electrons. The maximum atomic E-state index is 13.4. The number of methoxy groups -OCH3 is 1. The number of ether oxygens (including phenoxy) is 1. The van der Waals surface area contributed by atoms with Crippen LogP contribution in [0, 0.1) is 11.7 Å². The Labute approximate surface area is 93.6 Å². The summed E-state index contributed by atoms with van der Waals surface area (Å²) >= 11 is 0. The number of imidazole rings is 1. The van der Waals surface area contributed by atoms with E-state index in [9.17, 15) is 4.39 Å². The van der Waals surface area contributed by atoms with Crippen LogP contribution in [0.3, 0.4) is 0 Å². The zero-order chi connectivity index (χ0) is 11.5. The van der Waals surface area contributed by atoms with Crippen LogP contribution in [0.15, 0.2) is 18.2 Å². The fraction of sp³-hybridized carbons (Fsp3) is 0.417. The van der Waals surface area contributed by atoms with Crippen LogP contribution >= 0.6 is 0 Å². The first-order valence-corrected chi connectivity index (χ1v) is 5.32. The molecule has 1 aromatic carbocycles. The van der Waals surface area contributed by atoms with Crippen LogP contribution < -0.4 is 0 Å². The second kappa shape index (κ2) is 4.61. The molecule has 0 bridgehead atoms. The van der Waals surface area contributed by atoms with E-state index in [1.54, 1.807) is 13.2 Å². The molecule has 0 fully saturated rings. The van der Waals surface area contributed by atoms with Gasteiger partial charge in [0.2, 0.25) is 0 Å². The van der Waals surface area contributed by atoms with Gasteiger partial charge in [-0.15, -0.1) is 0 Å². The molecule has 0 aliphatic rings. The van der Waals surface area contributed by atoms with E-state index in [4.69, 9.17) is 4.74 Å². The van der Waals surface area contributed by atoms with Gasteiger partial charge in [-0.05, 0) is 18.1 Å². The maximum Gasteiger partial charge on any atom is 0.151 e. The van der Waals surface area contributed by atoms with E-state index in [0.717, 1.165) is 17.8 Å². The summed E-state index contributed by atoms with van der Waals surface area (Å²) in [5, 5.41) is 0. The third kappa shape index (κ3) is 2.22. The van der Waals surface area contributed by atoms with E-state index in [2.05, 4.69) is 16.9 Å². The number of H-pyrrole nitrogens is 1. The van der Waals surface area contributed by atoms with Crippen LogP contribution in [0.2, 0.25) is 0 Å². The number of rotatable bonds is 4. The number of halogens is 1. The lowest BCUT2D eigenvalue weighted by Gasteiger charge is -2.06. The number of para-hydroxylation sites is 1. The molecule has 0 aliphatic heterocycles. The normalized spacial score (nSPS) is 13.2. The Hall–Kier alpha value is -1.42. The fourth-order valence-electron chi connectivity index (χ4n) is 1.82. The Bertz CT molecular complexity index is 481. The molecule has 0 amide bonds. The van der Waals surface area contributed by atoms with Gasteiger partial charge in [-0.25, -0.2) is 9.37 Å². The Morgan fingerprint density at radius 2 is 2.31 bits per heavy atom. The lowest BCUT2D eigenvalue weighted by atomic mass is 10.1. The summed E-state index contributed by atoms with van der Waals surface area (Å²) in [4.78, 5) is 7.37. The van der Waals surface area contributed by atoms with Crippen LogP contribution in [-0.4, -0.2) is 23.7 Å². The molecule has 1 N–H and O–H groups in total. The third-order valence-electron chi connectivity index (χ3n) is 2.51. The molecule has 0 spiro atoms. The van der Waals surface area contributed by atoms with Gasteiger partial charge < -0.3 is 9.72 Å². The summed E-state index contributed by atoms with van der Waals surface area (Å²) in [6.07, 6.45) is 0.766. The first kappa shape index (κ1) is 11.1. The number of nitrogens with one attached hydrogen (secondary N) is 1. The molecular weight excluding hydrogens is 207 g/mol. The molecule has 1 aromatic heterocycles. The molecule has 4 heteroatoms. The molecule has 1 heterocycles. The van der Waals surface area contributed by atoms with Gasteiger partial charge in [0.15, 0.2) is 5.82 Å². The summed E-state index contributed by atoms with van der Waals surface area (Å²) in [7, 11) is 1.68. The zero-order valence-corrected chi connectivity index (χ0v) is 9.46. The second-order valence-electron chi connectivity index (χ2n) is 4.08.